The predicted octanol–water partition coefficient (Wildman–Crippen LogP) is 6.26. The standard InChI is InChI=1S/C33H42Cl2N4O4/c1-3-16-39(33(42)43-24-26-8-5-4-6-9-26)28-14-19-36(20-15-28)17-7-18-38(29-10-11-30(34)31(35)23-29)32(41)27-12-21-37(22-13-27)25(2)40/h3-6,8-11,23,27-28H,1,7,12-22,24H2,2H3. The van der Waals surface area contributed by atoms with Gasteiger partial charge in [-0.05, 0) is 62.4 Å². The van der Waals surface area contributed by atoms with Gasteiger partial charge in [0.05, 0.1) is 10.0 Å². The van der Waals surface area contributed by atoms with E-state index in [2.05, 4.69) is 11.5 Å². The summed E-state index contributed by atoms with van der Waals surface area (Å²) in [7, 11) is 0. The summed E-state index contributed by atoms with van der Waals surface area (Å²) in [5.74, 6) is -0.0274. The fourth-order valence-corrected chi connectivity index (χ4v) is 6.19. The van der Waals surface area contributed by atoms with E-state index in [0.29, 0.717) is 49.1 Å². The quantitative estimate of drug-likeness (QED) is 0.274. The summed E-state index contributed by atoms with van der Waals surface area (Å²) in [5, 5.41) is 0.863. The highest BCUT2D eigenvalue weighted by molar-refractivity contribution is 6.42. The van der Waals surface area contributed by atoms with Gasteiger partial charge in [0, 0.05) is 63.8 Å². The van der Waals surface area contributed by atoms with Crippen LogP contribution in [0.3, 0.4) is 0 Å². The number of benzene rings is 2. The van der Waals surface area contributed by atoms with Gasteiger partial charge in [-0.15, -0.1) is 6.58 Å². The molecule has 43 heavy (non-hydrogen) atoms. The first-order chi connectivity index (χ1) is 20.8. The van der Waals surface area contributed by atoms with Gasteiger partial charge >= 0.3 is 6.09 Å². The van der Waals surface area contributed by atoms with Crippen LogP contribution in [-0.4, -0.2) is 84.5 Å². The smallest absolute Gasteiger partial charge is 0.410 e. The first-order valence-electron chi connectivity index (χ1n) is 15.1. The average Bonchev–Trinajstić information content (AvgIpc) is 3.03. The molecule has 232 valence electrons. The summed E-state index contributed by atoms with van der Waals surface area (Å²) in [6, 6.07) is 15.1. The molecular formula is C33H42Cl2N4O4. The number of nitrogens with zero attached hydrogens (tertiary/aromatic N) is 4. The maximum Gasteiger partial charge on any atom is 0.410 e. The van der Waals surface area contributed by atoms with Crippen LogP contribution >= 0.6 is 23.2 Å². The highest BCUT2D eigenvalue weighted by Crippen LogP contribution is 2.30. The van der Waals surface area contributed by atoms with Crippen molar-refractivity contribution in [3.63, 3.8) is 0 Å². The summed E-state index contributed by atoms with van der Waals surface area (Å²) in [6.07, 6.45) is 5.22. The molecule has 0 N–H and O–H groups in total. The van der Waals surface area contributed by atoms with Crippen molar-refractivity contribution >= 4 is 46.8 Å². The molecule has 0 aliphatic carbocycles. The van der Waals surface area contributed by atoms with E-state index in [9.17, 15) is 14.4 Å². The zero-order valence-corrected chi connectivity index (χ0v) is 26.4. The maximum atomic E-state index is 13.7. The maximum absolute atomic E-state index is 13.7. The lowest BCUT2D eigenvalue weighted by atomic mass is 9.94. The summed E-state index contributed by atoms with van der Waals surface area (Å²) in [6.45, 7) is 10.4. The number of likely N-dealkylation sites (tertiary alicyclic amines) is 2. The monoisotopic (exact) mass is 628 g/mol. The Balaban J connectivity index is 1.30. The van der Waals surface area contributed by atoms with Crippen LogP contribution in [0.4, 0.5) is 10.5 Å². The molecule has 2 aromatic rings. The molecule has 10 heteroatoms. The van der Waals surface area contributed by atoms with Crippen LogP contribution in [0.25, 0.3) is 0 Å². The fraction of sp³-hybridized carbons (Fsp3) is 0.485. The van der Waals surface area contributed by atoms with Crippen LogP contribution in [0.1, 0.15) is 44.6 Å². The van der Waals surface area contributed by atoms with Gasteiger partial charge in [0.15, 0.2) is 0 Å². The van der Waals surface area contributed by atoms with E-state index < -0.39 is 0 Å². The van der Waals surface area contributed by atoms with E-state index >= 15 is 0 Å². The van der Waals surface area contributed by atoms with Gasteiger partial charge in [0.25, 0.3) is 0 Å². The first kappa shape index (κ1) is 32.8. The number of anilines is 1. The molecule has 0 atom stereocenters. The average molecular weight is 630 g/mol. The van der Waals surface area contributed by atoms with Crippen molar-refractivity contribution in [2.45, 2.75) is 51.7 Å². The second kappa shape index (κ2) is 16.1. The van der Waals surface area contributed by atoms with Crippen molar-refractivity contribution in [2.24, 2.45) is 5.92 Å². The Morgan fingerprint density at radius 2 is 1.67 bits per heavy atom. The van der Waals surface area contributed by atoms with Crippen LogP contribution < -0.4 is 4.90 Å². The summed E-state index contributed by atoms with van der Waals surface area (Å²) in [4.78, 5) is 46.2. The van der Waals surface area contributed by atoms with Gasteiger partial charge in [0.1, 0.15) is 6.61 Å². The lowest BCUT2D eigenvalue weighted by molar-refractivity contribution is -0.133. The SMILES string of the molecule is C=CCN(C(=O)OCc1ccccc1)C1CCN(CCCN(C(=O)C2CCN(C(C)=O)CC2)c2ccc(Cl)c(Cl)c2)CC1. The molecule has 2 fully saturated rings. The Morgan fingerprint density at radius 1 is 0.977 bits per heavy atom. The van der Waals surface area contributed by atoms with Crippen LogP contribution in [-0.2, 0) is 20.9 Å². The Bertz CT molecular complexity index is 1240. The molecule has 8 nitrogen and oxygen atoms in total. The molecule has 0 saturated carbocycles. The van der Waals surface area contributed by atoms with Crippen LogP contribution in [0.5, 0.6) is 0 Å². The molecule has 0 spiro atoms. The number of hydrogen-bond donors (Lipinski definition) is 0. The molecule has 3 amide bonds. The van der Waals surface area contributed by atoms with Crippen molar-refractivity contribution < 1.29 is 19.1 Å². The lowest BCUT2D eigenvalue weighted by Crippen LogP contribution is -2.48. The minimum Gasteiger partial charge on any atom is -0.445 e. The number of piperidine rings is 2. The third kappa shape index (κ3) is 9.21. The van der Waals surface area contributed by atoms with E-state index in [1.54, 1.807) is 34.9 Å². The van der Waals surface area contributed by atoms with Crippen molar-refractivity contribution in [1.82, 2.24) is 14.7 Å². The number of carbonyl (C=O) groups excluding carboxylic acids is 3. The Kier molecular flexibility index (Phi) is 12.3. The number of ether oxygens (including phenoxy) is 1. The van der Waals surface area contributed by atoms with Crippen molar-refractivity contribution in [3.05, 3.63) is 76.8 Å². The van der Waals surface area contributed by atoms with Crippen molar-refractivity contribution in [3.8, 4) is 0 Å². The van der Waals surface area contributed by atoms with Gasteiger partial charge in [-0.2, -0.15) is 0 Å². The molecule has 2 aliphatic rings. The molecule has 2 aromatic carbocycles. The number of hydrogen-bond acceptors (Lipinski definition) is 5. The topological polar surface area (TPSA) is 73.4 Å². The van der Waals surface area contributed by atoms with Crippen LogP contribution in [0.15, 0.2) is 61.2 Å². The third-order valence-corrected chi connectivity index (χ3v) is 9.13. The van der Waals surface area contributed by atoms with Gasteiger partial charge in [-0.3, -0.25) is 9.59 Å². The largest absolute Gasteiger partial charge is 0.445 e. The third-order valence-electron chi connectivity index (χ3n) is 8.39. The molecular weight excluding hydrogens is 587 g/mol. The van der Waals surface area contributed by atoms with Gasteiger partial charge in [0.2, 0.25) is 11.8 Å². The summed E-state index contributed by atoms with van der Waals surface area (Å²) >= 11 is 12.5. The zero-order valence-electron chi connectivity index (χ0n) is 24.9. The van der Waals surface area contributed by atoms with E-state index in [0.717, 1.165) is 50.1 Å². The Labute approximate surface area is 265 Å². The summed E-state index contributed by atoms with van der Waals surface area (Å²) < 4.78 is 5.61. The number of amides is 3. The Morgan fingerprint density at radius 3 is 2.30 bits per heavy atom. The molecule has 0 aromatic heterocycles. The second-order valence-electron chi connectivity index (χ2n) is 11.3. The molecule has 2 saturated heterocycles. The molecule has 0 unspecified atom stereocenters. The fourth-order valence-electron chi connectivity index (χ4n) is 5.90. The van der Waals surface area contributed by atoms with Gasteiger partial charge < -0.3 is 24.3 Å². The van der Waals surface area contributed by atoms with Crippen LogP contribution in [0.2, 0.25) is 10.0 Å². The van der Waals surface area contributed by atoms with E-state index in [1.165, 1.54) is 0 Å². The highest BCUT2D eigenvalue weighted by atomic mass is 35.5. The number of rotatable bonds is 11. The zero-order chi connectivity index (χ0) is 30.8. The van der Waals surface area contributed by atoms with E-state index in [4.69, 9.17) is 27.9 Å². The molecule has 0 bridgehead atoms. The normalized spacial score (nSPS) is 16.5. The molecule has 0 radical (unpaired) electrons. The summed E-state index contributed by atoms with van der Waals surface area (Å²) in [5.41, 5.74) is 1.69. The van der Waals surface area contributed by atoms with Crippen LogP contribution in [0, 0.1) is 5.92 Å². The predicted molar refractivity (Wildman–Crippen MR) is 171 cm³/mol. The lowest BCUT2D eigenvalue weighted by Gasteiger charge is -2.38. The highest BCUT2D eigenvalue weighted by Gasteiger charge is 2.31. The molecule has 4 rings (SSSR count). The van der Waals surface area contributed by atoms with E-state index in [-0.39, 0.29) is 36.5 Å². The minimum atomic E-state index is -0.313. The Hall–Kier alpha value is -3.07. The van der Waals surface area contributed by atoms with Gasteiger partial charge in [-0.1, -0.05) is 59.6 Å². The van der Waals surface area contributed by atoms with E-state index in [1.807, 2.05) is 41.3 Å². The number of halogens is 2. The molecule has 2 aliphatic heterocycles. The van der Waals surface area contributed by atoms with Crippen molar-refractivity contribution in [1.29, 1.82) is 0 Å². The second-order valence-corrected chi connectivity index (χ2v) is 12.1. The first-order valence-corrected chi connectivity index (χ1v) is 15.8. The molecule has 2 heterocycles. The number of carbonyl (C=O) groups is 3. The van der Waals surface area contributed by atoms with Crippen molar-refractivity contribution in [2.75, 3.05) is 50.7 Å². The van der Waals surface area contributed by atoms with Gasteiger partial charge in [-0.25, -0.2) is 4.79 Å². The minimum absolute atomic E-state index is 0.0488.